The Labute approximate surface area is 145 Å². The third-order valence-electron chi connectivity index (χ3n) is 5.01. The number of methoxy groups -OCH3 is 1. The molecule has 2 saturated heterocycles. The van der Waals surface area contributed by atoms with E-state index in [1.165, 1.54) is 13.4 Å². The molecule has 2 N–H and O–H groups in total. The summed E-state index contributed by atoms with van der Waals surface area (Å²) in [5, 5.41) is 13.8. The van der Waals surface area contributed by atoms with Crippen LogP contribution in [0.15, 0.2) is 18.5 Å². The maximum atomic E-state index is 11.8. The van der Waals surface area contributed by atoms with E-state index in [0.717, 1.165) is 55.7 Å². The Morgan fingerprint density at radius 1 is 1.24 bits per heavy atom. The van der Waals surface area contributed by atoms with Crippen LogP contribution in [0, 0.1) is 0 Å². The first kappa shape index (κ1) is 15.7. The lowest BCUT2D eigenvalue weighted by Gasteiger charge is -2.37. The van der Waals surface area contributed by atoms with E-state index >= 15 is 0 Å². The molecule has 1 aromatic carbocycles. The van der Waals surface area contributed by atoms with Crippen LogP contribution in [0.2, 0.25) is 0 Å². The molecule has 132 valence electrons. The highest BCUT2D eigenvalue weighted by molar-refractivity contribution is 5.92. The highest BCUT2D eigenvalue weighted by atomic mass is 16.5. The Morgan fingerprint density at radius 3 is 2.72 bits per heavy atom. The summed E-state index contributed by atoms with van der Waals surface area (Å²) in [6, 6.07) is 3.70. The molecule has 0 bridgehead atoms. The first-order chi connectivity index (χ1) is 12.2. The van der Waals surface area contributed by atoms with E-state index in [0.29, 0.717) is 5.75 Å². The smallest absolute Gasteiger partial charge is 0.317 e. The molecule has 2 aliphatic rings. The van der Waals surface area contributed by atoms with Gasteiger partial charge in [0, 0.05) is 43.7 Å². The average Bonchev–Trinajstić information content (AvgIpc) is 3.07. The Bertz CT molecular complexity index is 804. The van der Waals surface area contributed by atoms with Gasteiger partial charge in [-0.15, -0.1) is 0 Å². The maximum Gasteiger partial charge on any atom is 0.317 e. The highest BCUT2D eigenvalue weighted by Crippen LogP contribution is 2.34. The van der Waals surface area contributed by atoms with Crippen LogP contribution in [0.4, 0.5) is 10.6 Å². The number of carbonyl (C=O) groups is 1. The molecule has 0 saturated carbocycles. The number of nitrogens with one attached hydrogen (secondary N) is 1. The molecule has 4 rings (SSSR count). The molecule has 8 nitrogen and oxygen atoms in total. The predicted octanol–water partition coefficient (Wildman–Crippen LogP) is 1.34. The maximum absolute atomic E-state index is 11.8. The molecule has 0 atom stereocenters. The summed E-state index contributed by atoms with van der Waals surface area (Å²) in [7, 11) is 1.52. The van der Waals surface area contributed by atoms with Gasteiger partial charge in [0.15, 0.2) is 11.5 Å². The number of phenols is 1. The second-order valence-corrected chi connectivity index (χ2v) is 6.38. The summed E-state index contributed by atoms with van der Waals surface area (Å²) in [6.07, 6.45) is 3.34. The van der Waals surface area contributed by atoms with Crippen molar-refractivity contribution < 1.29 is 14.6 Å². The SMILES string of the molecule is COc1cc2ncnc(N3CCC(N4CCNC4=O)CC3)c2cc1O. The molecule has 2 aromatic rings. The fraction of sp³-hybridized carbons (Fsp3) is 0.471. The lowest BCUT2D eigenvalue weighted by Crippen LogP contribution is -2.46. The van der Waals surface area contributed by atoms with Crippen molar-refractivity contribution in [2.24, 2.45) is 0 Å². The van der Waals surface area contributed by atoms with E-state index in [2.05, 4.69) is 20.2 Å². The van der Waals surface area contributed by atoms with Gasteiger partial charge in [0.2, 0.25) is 0 Å². The largest absolute Gasteiger partial charge is 0.504 e. The number of rotatable bonds is 3. The summed E-state index contributed by atoms with van der Waals surface area (Å²) in [4.78, 5) is 24.7. The fourth-order valence-corrected chi connectivity index (χ4v) is 3.70. The summed E-state index contributed by atoms with van der Waals surface area (Å²) in [6.45, 7) is 3.14. The van der Waals surface area contributed by atoms with E-state index in [-0.39, 0.29) is 17.8 Å². The number of hydrogen-bond acceptors (Lipinski definition) is 6. The molecule has 25 heavy (non-hydrogen) atoms. The number of nitrogens with zero attached hydrogens (tertiary/aromatic N) is 4. The number of phenolic OH excluding ortho intramolecular Hbond substituents is 1. The topological polar surface area (TPSA) is 90.8 Å². The molecule has 2 aliphatic heterocycles. The van der Waals surface area contributed by atoms with Crippen molar-refractivity contribution in [3.8, 4) is 11.5 Å². The van der Waals surface area contributed by atoms with Crippen molar-refractivity contribution in [1.82, 2.24) is 20.2 Å². The number of aromatic hydroxyl groups is 1. The van der Waals surface area contributed by atoms with Crippen LogP contribution >= 0.6 is 0 Å². The second kappa shape index (κ2) is 6.27. The molecule has 1 aromatic heterocycles. The van der Waals surface area contributed by atoms with Crippen LogP contribution < -0.4 is 15.0 Å². The quantitative estimate of drug-likeness (QED) is 0.874. The summed E-state index contributed by atoms with van der Waals surface area (Å²) < 4.78 is 5.15. The van der Waals surface area contributed by atoms with Crippen molar-refractivity contribution in [3.63, 3.8) is 0 Å². The average molecular weight is 343 g/mol. The van der Waals surface area contributed by atoms with Gasteiger partial charge in [-0.25, -0.2) is 14.8 Å². The summed E-state index contributed by atoms with van der Waals surface area (Å²) >= 11 is 0. The van der Waals surface area contributed by atoms with E-state index in [4.69, 9.17) is 4.74 Å². The molecular formula is C17H21N5O3. The third-order valence-corrected chi connectivity index (χ3v) is 5.01. The van der Waals surface area contributed by atoms with Crippen LogP contribution in [-0.2, 0) is 0 Å². The van der Waals surface area contributed by atoms with E-state index in [1.807, 2.05) is 4.90 Å². The number of ether oxygens (including phenoxy) is 1. The highest BCUT2D eigenvalue weighted by Gasteiger charge is 2.31. The number of hydrogen-bond donors (Lipinski definition) is 2. The monoisotopic (exact) mass is 343 g/mol. The molecule has 0 radical (unpaired) electrons. The molecule has 2 fully saturated rings. The van der Waals surface area contributed by atoms with Gasteiger partial charge in [-0.05, 0) is 18.9 Å². The Morgan fingerprint density at radius 2 is 2.04 bits per heavy atom. The Kier molecular flexibility index (Phi) is 3.95. The van der Waals surface area contributed by atoms with Crippen molar-refractivity contribution in [1.29, 1.82) is 0 Å². The first-order valence-electron chi connectivity index (χ1n) is 8.48. The molecule has 2 amide bonds. The van der Waals surface area contributed by atoms with Gasteiger partial charge in [0.1, 0.15) is 12.1 Å². The second-order valence-electron chi connectivity index (χ2n) is 6.38. The lowest BCUT2D eigenvalue weighted by atomic mass is 10.0. The first-order valence-corrected chi connectivity index (χ1v) is 8.48. The number of urea groups is 1. The van der Waals surface area contributed by atoms with Gasteiger partial charge >= 0.3 is 6.03 Å². The number of fused-ring (bicyclic) bond motifs is 1. The number of benzene rings is 1. The van der Waals surface area contributed by atoms with E-state index in [9.17, 15) is 9.90 Å². The Hall–Kier alpha value is -2.77. The molecule has 0 unspecified atom stereocenters. The molecule has 3 heterocycles. The molecular weight excluding hydrogens is 322 g/mol. The Balaban J connectivity index is 1.57. The van der Waals surface area contributed by atoms with Crippen LogP contribution in [0.1, 0.15) is 12.8 Å². The van der Waals surface area contributed by atoms with Gasteiger partial charge < -0.3 is 25.0 Å². The van der Waals surface area contributed by atoms with E-state index < -0.39 is 0 Å². The predicted molar refractivity (Wildman–Crippen MR) is 93.1 cm³/mol. The standard InChI is InChI=1S/C17H21N5O3/c1-25-15-9-13-12(8-14(15)23)16(20-10-19-13)21-5-2-11(3-6-21)22-7-4-18-17(22)24/h8-11,23H,2-7H2,1H3,(H,18,24). The zero-order chi connectivity index (χ0) is 17.4. The van der Waals surface area contributed by atoms with Gasteiger partial charge in [0.05, 0.1) is 12.6 Å². The van der Waals surface area contributed by atoms with Crippen molar-refractivity contribution in [2.45, 2.75) is 18.9 Å². The minimum atomic E-state index is 0.0444. The normalized spacial score (nSPS) is 18.7. The number of carbonyl (C=O) groups excluding carboxylic acids is 1. The minimum Gasteiger partial charge on any atom is -0.504 e. The zero-order valence-electron chi connectivity index (χ0n) is 14.1. The third kappa shape index (κ3) is 2.77. The lowest BCUT2D eigenvalue weighted by molar-refractivity contribution is 0.186. The summed E-state index contributed by atoms with van der Waals surface area (Å²) in [5.41, 5.74) is 0.737. The van der Waals surface area contributed by atoms with Crippen LogP contribution in [0.25, 0.3) is 10.9 Å². The van der Waals surface area contributed by atoms with Crippen molar-refractivity contribution >= 4 is 22.8 Å². The zero-order valence-corrected chi connectivity index (χ0v) is 14.1. The van der Waals surface area contributed by atoms with Gasteiger partial charge in [-0.2, -0.15) is 0 Å². The van der Waals surface area contributed by atoms with Crippen molar-refractivity contribution in [3.05, 3.63) is 18.5 Å². The van der Waals surface area contributed by atoms with Crippen LogP contribution in [-0.4, -0.2) is 65.3 Å². The number of aromatic nitrogens is 2. The van der Waals surface area contributed by atoms with Crippen molar-refractivity contribution in [2.75, 3.05) is 38.2 Å². The van der Waals surface area contributed by atoms with Gasteiger partial charge in [-0.3, -0.25) is 0 Å². The van der Waals surface area contributed by atoms with Gasteiger partial charge in [-0.1, -0.05) is 0 Å². The van der Waals surface area contributed by atoms with Crippen LogP contribution in [0.3, 0.4) is 0 Å². The van der Waals surface area contributed by atoms with E-state index in [1.54, 1.807) is 12.1 Å². The fourth-order valence-electron chi connectivity index (χ4n) is 3.70. The van der Waals surface area contributed by atoms with Crippen LogP contribution in [0.5, 0.6) is 11.5 Å². The molecule has 0 aliphatic carbocycles. The number of anilines is 1. The molecule has 8 heteroatoms. The minimum absolute atomic E-state index is 0.0444. The number of amides is 2. The number of piperidine rings is 1. The van der Waals surface area contributed by atoms with Gasteiger partial charge in [0.25, 0.3) is 0 Å². The summed E-state index contributed by atoms with van der Waals surface area (Å²) in [5.74, 6) is 1.29. The molecule has 0 spiro atoms.